The van der Waals surface area contributed by atoms with Crippen molar-refractivity contribution in [1.82, 2.24) is 34.5 Å². The highest BCUT2D eigenvalue weighted by molar-refractivity contribution is 6.00. The lowest BCUT2D eigenvalue weighted by Crippen LogP contribution is -2.24. The van der Waals surface area contributed by atoms with Gasteiger partial charge in [-0.1, -0.05) is 57.8 Å². The predicted octanol–water partition coefficient (Wildman–Crippen LogP) is 15.3. The highest BCUT2D eigenvalue weighted by Gasteiger charge is 2.34. The number of benzene rings is 3. The molecular formula is C51H53F9N18. The molecular weight excluding hydrogens is 1040 g/mol. The normalized spacial score (nSPS) is 17.1. The van der Waals surface area contributed by atoms with Crippen molar-refractivity contribution in [2.45, 2.75) is 127 Å². The van der Waals surface area contributed by atoms with Gasteiger partial charge in [-0.2, -0.15) is 89.4 Å². The van der Waals surface area contributed by atoms with Crippen molar-refractivity contribution in [2.75, 3.05) is 16.8 Å². The summed E-state index contributed by atoms with van der Waals surface area (Å²) in [6.07, 6.45) is -1.72. The lowest BCUT2D eigenvalue weighted by Gasteiger charge is -2.23. The molecule has 0 saturated heterocycles. The van der Waals surface area contributed by atoms with Crippen LogP contribution in [0.2, 0.25) is 0 Å². The summed E-state index contributed by atoms with van der Waals surface area (Å²) in [6, 6.07) is 12.1. The zero-order valence-corrected chi connectivity index (χ0v) is 41.7. The van der Waals surface area contributed by atoms with Gasteiger partial charge in [-0.15, -0.1) is 15.3 Å². The number of halogens is 9. The number of aromatic nitrogens is 7. The van der Waals surface area contributed by atoms with Crippen LogP contribution >= 0.6 is 0 Å². The number of hydrogen-bond acceptors (Lipinski definition) is 16. The minimum atomic E-state index is -4.60. The Labute approximate surface area is 440 Å². The van der Waals surface area contributed by atoms with Crippen molar-refractivity contribution in [1.29, 1.82) is 5.41 Å². The second-order valence-electron chi connectivity index (χ2n) is 19.4. The second kappa shape index (κ2) is 22.8. The zero-order chi connectivity index (χ0) is 55.4. The standard InChI is InChI=1S/C51H53F9N18/c52-49(53,54)31-16-22-34(23-17-31)69-72-40(37(61)28-10-4-1-5-11-28)43(62)65-46-66-47(77-44(63)41(38(75-77)29-12-6-2-7-13-29)73-70-35-24-18-32(19-25-35)50(55,56)57)68-48(67-46)78-45(64)42(39(76-78)30-14-8-3-9-15-30)74-71-36-26-20-33(21-27-36)51(58,59)60/h16-30,61H,1-15,62-64H2,(H,65,66,67,68)/b43-40+,61-37?,72-69+,73-70+,74-71+. The summed E-state index contributed by atoms with van der Waals surface area (Å²) < 4.78 is 123. The number of nitrogens with zero attached hydrogens (tertiary/aromatic N) is 13. The molecule has 0 bridgehead atoms. The lowest BCUT2D eigenvalue weighted by molar-refractivity contribution is -0.138. The van der Waals surface area contributed by atoms with Crippen LogP contribution < -0.4 is 22.5 Å². The summed E-state index contributed by atoms with van der Waals surface area (Å²) in [6.45, 7) is 0. The molecule has 78 heavy (non-hydrogen) atoms. The van der Waals surface area contributed by atoms with Gasteiger partial charge in [0.1, 0.15) is 11.5 Å². The SMILES string of the molecule is N=C(C(/N=N/c1ccc(C(F)(F)F)cc1)=C(/N)Nc1nc(-n2nc(C3CCCCC3)c(/N=N/c3ccc(C(F)(F)F)cc3)c2N)nc(-n2nc(C3CCCCC3)c(/N=N/c3ccc(C(F)(F)F)cc3)c2N)n1)C1CCCCC1. The van der Waals surface area contributed by atoms with E-state index >= 15 is 0 Å². The first-order valence-electron chi connectivity index (χ1n) is 25.4. The van der Waals surface area contributed by atoms with E-state index in [-0.39, 0.29) is 92.9 Å². The number of nitrogens with two attached hydrogens (primary N) is 3. The Morgan fingerprint density at radius 3 is 1.23 bits per heavy atom. The molecule has 8 N–H and O–H groups in total. The summed E-state index contributed by atoms with van der Waals surface area (Å²) in [5.41, 5.74) is 19.1. The maximum absolute atomic E-state index is 13.4. The van der Waals surface area contributed by atoms with Gasteiger partial charge in [0.15, 0.2) is 23.0 Å². The molecule has 6 aromatic rings. The van der Waals surface area contributed by atoms with Crippen molar-refractivity contribution in [3.05, 3.63) is 112 Å². The van der Waals surface area contributed by atoms with E-state index in [0.29, 0.717) is 49.9 Å². The highest BCUT2D eigenvalue weighted by atomic mass is 19.4. The van der Waals surface area contributed by atoms with Gasteiger partial charge in [-0.3, -0.25) is 0 Å². The molecule has 18 nitrogen and oxygen atoms in total. The van der Waals surface area contributed by atoms with Gasteiger partial charge in [0.2, 0.25) is 5.95 Å². The fraction of sp³-hybridized carbons (Fsp3) is 0.412. The van der Waals surface area contributed by atoms with Crippen LogP contribution in [0, 0.1) is 11.3 Å². The molecule has 3 aliphatic carbocycles. The van der Waals surface area contributed by atoms with Gasteiger partial charge in [0.25, 0.3) is 11.9 Å². The molecule has 9 rings (SSSR count). The first-order valence-corrected chi connectivity index (χ1v) is 25.4. The van der Waals surface area contributed by atoms with Crippen LogP contribution in [-0.4, -0.2) is 40.2 Å². The van der Waals surface area contributed by atoms with Crippen molar-refractivity contribution < 1.29 is 39.5 Å². The molecule has 3 aromatic heterocycles. The van der Waals surface area contributed by atoms with E-state index in [1.165, 1.54) is 33.6 Å². The summed E-state index contributed by atoms with van der Waals surface area (Å²) in [4.78, 5) is 14.1. The molecule has 3 heterocycles. The Morgan fingerprint density at radius 2 is 0.859 bits per heavy atom. The van der Waals surface area contributed by atoms with E-state index in [1.54, 1.807) is 0 Å². The number of nitrogen functional groups attached to an aromatic ring is 2. The van der Waals surface area contributed by atoms with E-state index in [9.17, 15) is 44.9 Å². The van der Waals surface area contributed by atoms with Gasteiger partial charge >= 0.3 is 18.5 Å². The van der Waals surface area contributed by atoms with E-state index in [0.717, 1.165) is 106 Å². The summed E-state index contributed by atoms with van der Waals surface area (Å²) in [5.74, 6) is -1.99. The van der Waals surface area contributed by atoms with Crippen LogP contribution in [-0.2, 0) is 18.5 Å². The van der Waals surface area contributed by atoms with Crippen LogP contribution in [0.25, 0.3) is 11.9 Å². The number of nitrogens with one attached hydrogen (secondary N) is 2. The second-order valence-corrected chi connectivity index (χ2v) is 19.4. The van der Waals surface area contributed by atoms with Crippen LogP contribution in [0.15, 0.2) is 115 Å². The number of azo groups is 3. The first kappa shape index (κ1) is 54.7. The molecule has 0 spiro atoms. The predicted molar refractivity (Wildman–Crippen MR) is 271 cm³/mol. The van der Waals surface area contributed by atoms with Gasteiger partial charge in [-0.05, 0) is 111 Å². The Balaban J connectivity index is 1.19. The van der Waals surface area contributed by atoms with Crippen LogP contribution in [0.3, 0.4) is 0 Å². The first-order chi connectivity index (χ1) is 37.2. The Bertz CT molecular complexity index is 3060. The molecule has 0 unspecified atom stereocenters. The number of alkyl halides is 9. The van der Waals surface area contributed by atoms with Crippen LogP contribution in [0.4, 0.5) is 85.5 Å². The molecule has 0 atom stereocenters. The minimum absolute atomic E-state index is 0.00199. The smallest absolute Gasteiger partial charge is 0.383 e. The van der Waals surface area contributed by atoms with E-state index in [2.05, 4.69) is 46.0 Å². The number of allylic oxidation sites excluding steroid dienone is 1. The largest absolute Gasteiger partial charge is 0.416 e. The van der Waals surface area contributed by atoms with Gasteiger partial charge in [0, 0.05) is 17.8 Å². The quantitative estimate of drug-likeness (QED) is 0.0394. The number of rotatable bonds is 14. The molecule has 410 valence electrons. The third-order valence-electron chi connectivity index (χ3n) is 14.0. The van der Waals surface area contributed by atoms with Crippen molar-refractivity contribution in [2.24, 2.45) is 42.3 Å². The monoisotopic (exact) mass is 1090 g/mol. The average molecular weight is 1090 g/mol. The Hall–Kier alpha value is -8.13. The van der Waals surface area contributed by atoms with E-state index in [1.807, 2.05) is 0 Å². The van der Waals surface area contributed by atoms with Crippen molar-refractivity contribution in [3.63, 3.8) is 0 Å². The Kier molecular flexibility index (Phi) is 16.0. The van der Waals surface area contributed by atoms with Gasteiger partial charge < -0.3 is 27.9 Å². The maximum Gasteiger partial charge on any atom is 0.416 e. The average Bonchev–Trinajstić information content (AvgIpc) is 4.00. The lowest BCUT2D eigenvalue weighted by atomic mass is 9.85. The molecule has 0 aliphatic heterocycles. The number of anilines is 3. The Morgan fingerprint density at radius 1 is 0.500 bits per heavy atom. The van der Waals surface area contributed by atoms with Crippen molar-refractivity contribution >= 4 is 51.7 Å². The summed E-state index contributed by atoms with van der Waals surface area (Å²) >= 11 is 0. The topological polar surface area (TPSA) is 262 Å². The molecule has 3 aliphatic rings. The molecule has 0 radical (unpaired) electrons. The molecule has 27 heteroatoms. The summed E-state index contributed by atoms with van der Waals surface area (Å²) in [7, 11) is 0. The van der Waals surface area contributed by atoms with Crippen molar-refractivity contribution in [3.8, 4) is 11.9 Å². The van der Waals surface area contributed by atoms with Crippen LogP contribution in [0.1, 0.15) is 136 Å². The molecule has 3 aromatic carbocycles. The fourth-order valence-corrected chi connectivity index (χ4v) is 9.78. The molecule has 3 saturated carbocycles. The van der Waals surface area contributed by atoms with E-state index < -0.39 is 35.2 Å². The van der Waals surface area contributed by atoms with Gasteiger partial charge in [-0.25, -0.2) is 0 Å². The zero-order valence-electron chi connectivity index (χ0n) is 41.7. The molecule has 0 amide bonds. The third kappa shape index (κ3) is 12.7. The minimum Gasteiger partial charge on any atom is -0.383 e. The highest BCUT2D eigenvalue weighted by Crippen LogP contribution is 2.44. The summed E-state index contributed by atoms with van der Waals surface area (Å²) in [5, 5.41) is 47.9. The van der Waals surface area contributed by atoms with E-state index in [4.69, 9.17) is 32.4 Å². The molecule has 3 fully saturated rings. The third-order valence-corrected chi connectivity index (χ3v) is 14.0. The maximum atomic E-state index is 13.4. The number of hydrogen-bond donors (Lipinski definition) is 5. The fourth-order valence-electron chi connectivity index (χ4n) is 9.78. The van der Waals surface area contributed by atoms with Gasteiger partial charge in [0.05, 0.1) is 50.9 Å². The van der Waals surface area contributed by atoms with Crippen LogP contribution in [0.5, 0.6) is 0 Å².